The Morgan fingerprint density at radius 3 is 2.22 bits per heavy atom. The predicted octanol–water partition coefficient (Wildman–Crippen LogP) is 1.79. The van der Waals surface area contributed by atoms with E-state index in [1.54, 1.807) is 0 Å². The fourth-order valence-electron chi connectivity index (χ4n) is 3.30. The van der Waals surface area contributed by atoms with Crippen LogP contribution in [0, 0.1) is 5.92 Å². The summed E-state index contributed by atoms with van der Waals surface area (Å²) in [5, 5.41) is 0. The van der Waals surface area contributed by atoms with E-state index in [-0.39, 0.29) is 23.8 Å². The molecule has 23 heavy (non-hydrogen) atoms. The summed E-state index contributed by atoms with van der Waals surface area (Å²) >= 11 is 0. The van der Waals surface area contributed by atoms with Crippen molar-refractivity contribution in [2.24, 2.45) is 11.7 Å². The van der Waals surface area contributed by atoms with E-state index in [0.717, 1.165) is 31.5 Å². The number of hydrogen-bond acceptors (Lipinski definition) is 3. The van der Waals surface area contributed by atoms with Gasteiger partial charge in [-0.1, -0.05) is 30.3 Å². The van der Waals surface area contributed by atoms with Crippen molar-refractivity contribution in [3.05, 3.63) is 35.9 Å². The highest BCUT2D eigenvalue weighted by Gasteiger charge is 2.34. The summed E-state index contributed by atoms with van der Waals surface area (Å²) in [7, 11) is 0. The lowest BCUT2D eigenvalue weighted by Crippen LogP contribution is -2.47. The molecule has 0 saturated carbocycles. The van der Waals surface area contributed by atoms with Gasteiger partial charge < -0.3 is 10.6 Å². The van der Waals surface area contributed by atoms with E-state index in [9.17, 15) is 9.59 Å². The first-order valence-electron chi connectivity index (χ1n) is 8.45. The minimum Gasteiger partial charge on any atom is -0.369 e. The van der Waals surface area contributed by atoms with Crippen LogP contribution in [0.25, 0.3) is 0 Å². The minimum atomic E-state index is -0.273. The van der Waals surface area contributed by atoms with E-state index in [1.807, 2.05) is 49.1 Å². The van der Waals surface area contributed by atoms with Crippen molar-refractivity contribution in [2.45, 2.75) is 32.7 Å². The molecule has 5 heteroatoms. The topological polar surface area (TPSA) is 66.6 Å². The molecule has 2 amide bonds. The molecule has 1 heterocycles. The van der Waals surface area contributed by atoms with Gasteiger partial charge in [-0.15, -0.1) is 0 Å². The normalized spacial score (nSPS) is 17.7. The summed E-state index contributed by atoms with van der Waals surface area (Å²) in [6, 6.07) is 9.63. The summed E-state index contributed by atoms with van der Waals surface area (Å²) in [5.41, 5.74) is 6.43. The predicted molar refractivity (Wildman–Crippen MR) is 90.6 cm³/mol. The van der Waals surface area contributed by atoms with Crippen molar-refractivity contribution in [1.82, 2.24) is 9.80 Å². The van der Waals surface area contributed by atoms with Gasteiger partial charge in [-0.2, -0.15) is 0 Å². The van der Waals surface area contributed by atoms with Gasteiger partial charge in [-0.3, -0.25) is 14.5 Å². The molecule has 1 aliphatic heterocycles. The van der Waals surface area contributed by atoms with Gasteiger partial charge in [0, 0.05) is 19.0 Å². The molecule has 0 spiro atoms. The number of likely N-dealkylation sites (tertiary alicyclic amines) is 1. The third-order valence-electron chi connectivity index (χ3n) is 4.72. The van der Waals surface area contributed by atoms with Crippen LogP contribution in [0.3, 0.4) is 0 Å². The molecule has 126 valence electrons. The zero-order valence-electron chi connectivity index (χ0n) is 14.1. The van der Waals surface area contributed by atoms with Crippen LogP contribution >= 0.6 is 0 Å². The Labute approximate surface area is 138 Å². The lowest BCUT2D eigenvalue weighted by molar-refractivity contribution is -0.137. The Morgan fingerprint density at radius 1 is 1.17 bits per heavy atom. The molecule has 0 unspecified atom stereocenters. The number of primary amides is 1. The van der Waals surface area contributed by atoms with Gasteiger partial charge in [0.25, 0.3) is 0 Å². The van der Waals surface area contributed by atoms with Crippen molar-refractivity contribution in [2.75, 3.05) is 26.2 Å². The second-order valence-corrected chi connectivity index (χ2v) is 6.04. The molecule has 0 aliphatic carbocycles. The van der Waals surface area contributed by atoms with Gasteiger partial charge in [0.1, 0.15) is 6.04 Å². The Kier molecular flexibility index (Phi) is 6.16. The molecule has 2 N–H and O–H groups in total. The van der Waals surface area contributed by atoms with Crippen molar-refractivity contribution in [1.29, 1.82) is 0 Å². The number of rotatable bonds is 6. The van der Waals surface area contributed by atoms with Crippen molar-refractivity contribution in [3.63, 3.8) is 0 Å². The van der Waals surface area contributed by atoms with Crippen LogP contribution in [0.15, 0.2) is 30.3 Å². The molecular formula is C18H27N3O2. The van der Waals surface area contributed by atoms with E-state index in [0.29, 0.717) is 13.1 Å². The number of benzene rings is 1. The number of nitrogens with two attached hydrogens (primary N) is 1. The van der Waals surface area contributed by atoms with E-state index in [2.05, 4.69) is 4.90 Å². The van der Waals surface area contributed by atoms with Crippen molar-refractivity contribution >= 4 is 11.8 Å². The van der Waals surface area contributed by atoms with Crippen LogP contribution in [0.4, 0.5) is 0 Å². The van der Waals surface area contributed by atoms with Gasteiger partial charge in [0.15, 0.2) is 0 Å². The van der Waals surface area contributed by atoms with Crippen LogP contribution in [-0.2, 0) is 9.59 Å². The summed E-state index contributed by atoms with van der Waals surface area (Å²) in [6.07, 6.45) is 1.45. The maximum absolute atomic E-state index is 13.0. The van der Waals surface area contributed by atoms with E-state index in [4.69, 9.17) is 5.73 Å². The smallest absolute Gasteiger partial charge is 0.244 e. The summed E-state index contributed by atoms with van der Waals surface area (Å²) < 4.78 is 0. The molecule has 1 aliphatic rings. The van der Waals surface area contributed by atoms with Crippen LogP contribution in [0.2, 0.25) is 0 Å². The zero-order chi connectivity index (χ0) is 16.8. The fourth-order valence-corrected chi connectivity index (χ4v) is 3.30. The van der Waals surface area contributed by atoms with E-state index < -0.39 is 0 Å². The number of nitrogens with zero attached hydrogens (tertiary/aromatic N) is 2. The number of hydrogen-bond donors (Lipinski definition) is 1. The molecule has 0 aromatic heterocycles. The molecule has 2 rings (SSSR count). The molecule has 0 bridgehead atoms. The Bertz CT molecular complexity index is 520. The lowest BCUT2D eigenvalue weighted by atomic mass is 9.93. The van der Waals surface area contributed by atoms with Gasteiger partial charge in [-0.05, 0) is 45.3 Å². The first kappa shape index (κ1) is 17.5. The van der Waals surface area contributed by atoms with E-state index >= 15 is 0 Å². The third kappa shape index (κ3) is 4.10. The number of carbonyl (C=O) groups is 2. The first-order chi connectivity index (χ1) is 11.1. The number of likely N-dealkylation sites (N-methyl/N-ethyl adjacent to an activating group) is 1. The largest absolute Gasteiger partial charge is 0.369 e. The highest BCUT2D eigenvalue weighted by atomic mass is 16.2. The van der Waals surface area contributed by atoms with Crippen molar-refractivity contribution in [3.8, 4) is 0 Å². The van der Waals surface area contributed by atoms with Crippen LogP contribution < -0.4 is 5.73 Å². The highest BCUT2D eigenvalue weighted by Crippen LogP contribution is 2.28. The van der Waals surface area contributed by atoms with Crippen LogP contribution in [-0.4, -0.2) is 47.8 Å². The Morgan fingerprint density at radius 2 is 1.74 bits per heavy atom. The maximum atomic E-state index is 13.0. The molecule has 1 saturated heterocycles. The fraction of sp³-hybridized carbons (Fsp3) is 0.556. The number of carbonyl (C=O) groups excluding carboxylic acids is 2. The van der Waals surface area contributed by atoms with Gasteiger partial charge >= 0.3 is 0 Å². The second-order valence-electron chi connectivity index (χ2n) is 6.04. The average molecular weight is 317 g/mol. The Balaban J connectivity index is 2.21. The SMILES string of the molecule is CCN(CC)C(=O)[C@@H](c1ccccc1)N1CCC(C(N)=O)CC1. The molecule has 0 radical (unpaired) electrons. The van der Waals surface area contributed by atoms with Crippen LogP contribution in [0.5, 0.6) is 0 Å². The maximum Gasteiger partial charge on any atom is 0.244 e. The number of piperidine rings is 1. The van der Waals surface area contributed by atoms with Gasteiger partial charge in [0.2, 0.25) is 11.8 Å². The highest BCUT2D eigenvalue weighted by molar-refractivity contribution is 5.83. The molecular weight excluding hydrogens is 290 g/mol. The summed E-state index contributed by atoms with van der Waals surface area (Å²) in [5.74, 6) is -0.152. The van der Waals surface area contributed by atoms with Crippen LogP contribution in [0.1, 0.15) is 38.3 Å². The molecule has 1 aromatic rings. The Hall–Kier alpha value is -1.88. The minimum absolute atomic E-state index is 0.0637. The second kappa shape index (κ2) is 8.11. The first-order valence-corrected chi connectivity index (χ1v) is 8.45. The monoisotopic (exact) mass is 317 g/mol. The third-order valence-corrected chi connectivity index (χ3v) is 4.72. The van der Waals surface area contributed by atoms with Gasteiger partial charge in [0.05, 0.1) is 0 Å². The van der Waals surface area contributed by atoms with Crippen molar-refractivity contribution < 1.29 is 9.59 Å². The quantitative estimate of drug-likeness (QED) is 0.870. The molecule has 5 nitrogen and oxygen atoms in total. The lowest BCUT2D eigenvalue weighted by Gasteiger charge is -2.38. The zero-order valence-corrected chi connectivity index (χ0v) is 14.1. The molecule has 1 fully saturated rings. The molecule has 1 atom stereocenters. The standard InChI is InChI=1S/C18H27N3O2/c1-3-20(4-2)18(23)16(14-8-6-5-7-9-14)21-12-10-15(11-13-21)17(19)22/h5-9,15-16H,3-4,10-13H2,1-2H3,(H2,19,22)/t16-/m1/s1. The summed E-state index contributed by atoms with van der Waals surface area (Å²) in [6.45, 7) is 6.86. The number of amides is 2. The summed E-state index contributed by atoms with van der Waals surface area (Å²) in [4.78, 5) is 28.4. The average Bonchev–Trinajstić information content (AvgIpc) is 2.57. The van der Waals surface area contributed by atoms with Gasteiger partial charge in [-0.25, -0.2) is 0 Å². The van der Waals surface area contributed by atoms with E-state index in [1.165, 1.54) is 0 Å². The molecule has 1 aromatic carbocycles.